The first-order valence-electron chi connectivity index (χ1n) is 4.75. The van der Waals surface area contributed by atoms with Crippen molar-refractivity contribution >= 4 is 5.97 Å². The van der Waals surface area contributed by atoms with Gasteiger partial charge in [0, 0.05) is 0 Å². The first kappa shape index (κ1) is 13.5. The van der Waals surface area contributed by atoms with Gasteiger partial charge in [-0.25, -0.2) is 4.79 Å². The van der Waals surface area contributed by atoms with E-state index in [2.05, 4.69) is 4.74 Å². The molecule has 17 heavy (non-hydrogen) atoms. The number of esters is 1. The largest absolute Gasteiger partial charge is 0.467 e. The second-order valence-corrected chi connectivity index (χ2v) is 3.42. The van der Waals surface area contributed by atoms with Gasteiger partial charge in [-0.3, -0.25) is 0 Å². The maximum Gasteiger partial charge on any atom is 0.393 e. The van der Waals surface area contributed by atoms with Gasteiger partial charge in [0.05, 0.1) is 13.5 Å². The van der Waals surface area contributed by atoms with Crippen LogP contribution in [0.3, 0.4) is 0 Å². The van der Waals surface area contributed by atoms with Crippen LogP contribution < -0.4 is 0 Å². The lowest BCUT2D eigenvalue weighted by atomic mass is 10.00. The minimum Gasteiger partial charge on any atom is -0.467 e. The van der Waals surface area contributed by atoms with Crippen molar-refractivity contribution in [1.82, 2.24) is 0 Å². The predicted molar refractivity (Wildman–Crippen MR) is 53.2 cm³/mol. The van der Waals surface area contributed by atoms with Crippen LogP contribution in [0.5, 0.6) is 0 Å². The second kappa shape index (κ2) is 5.18. The van der Waals surface area contributed by atoms with Crippen LogP contribution in [0.1, 0.15) is 17.2 Å². The summed E-state index contributed by atoms with van der Waals surface area (Å²) in [5.41, 5.74) is -0.227. The van der Waals surface area contributed by atoms with Crippen molar-refractivity contribution in [3.8, 4) is 0 Å². The van der Waals surface area contributed by atoms with Gasteiger partial charge in [0.25, 0.3) is 0 Å². The summed E-state index contributed by atoms with van der Waals surface area (Å²) in [6.07, 6.45) is -7.29. The summed E-state index contributed by atoms with van der Waals surface area (Å²) in [7, 11) is 1.05. The average Bonchev–Trinajstić information content (AvgIpc) is 2.25. The summed E-state index contributed by atoms with van der Waals surface area (Å²) in [5.74, 6) is -0.986. The molecular weight excluding hydrogens is 237 g/mol. The van der Waals surface area contributed by atoms with Crippen LogP contribution in [0.25, 0.3) is 0 Å². The van der Waals surface area contributed by atoms with Gasteiger partial charge in [0.15, 0.2) is 6.10 Å². The van der Waals surface area contributed by atoms with Crippen LogP contribution in [0.15, 0.2) is 24.3 Å². The Morgan fingerprint density at radius 2 is 2.00 bits per heavy atom. The molecular formula is C11H11F3O3. The fraction of sp³-hybridized carbons (Fsp3) is 0.364. The van der Waals surface area contributed by atoms with E-state index >= 15 is 0 Å². The lowest BCUT2D eigenvalue weighted by Gasteiger charge is -2.14. The number of methoxy groups -OCH3 is 1. The maximum absolute atomic E-state index is 12.3. The molecule has 0 aliphatic heterocycles. The molecule has 94 valence electrons. The van der Waals surface area contributed by atoms with Crippen molar-refractivity contribution in [1.29, 1.82) is 0 Å². The Bertz CT molecular complexity index is 401. The first-order valence-corrected chi connectivity index (χ1v) is 4.75. The van der Waals surface area contributed by atoms with E-state index in [1.54, 1.807) is 0 Å². The molecule has 0 aliphatic carbocycles. The Kier molecular flexibility index (Phi) is 4.11. The Hall–Kier alpha value is -1.56. The summed E-state index contributed by atoms with van der Waals surface area (Å²) in [6.45, 7) is 0. The van der Waals surface area contributed by atoms with E-state index in [-0.39, 0.29) is 11.1 Å². The van der Waals surface area contributed by atoms with E-state index in [0.29, 0.717) is 0 Å². The number of hydrogen-bond donors (Lipinski definition) is 1. The fourth-order valence-electron chi connectivity index (χ4n) is 1.42. The molecule has 0 radical (unpaired) electrons. The van der Waals surface area contributed by atoms with Gasteiger partial charge in [-0.1, -0.05) is 24.3 Å². The van der Waals surface area contributed by atoms with Crippen LogP contribution >= 0.6 is 0 Å². The van der Waals surface area contributed by atoms with Crippen molar-refractivity contribution in [2.75, 3.05) is 7.11 Å². The molecule has 0 spiro atoms. The van der Waals surface area contributed by atoms with Crippen LogP contribution in [0.2, 0.25) is 0 Å². The summed E-state index contributed by atoms with van der Waals surface area (Å²) in [4.78, 5) is 11.1. The van der Waals surface area contributed by atoms with Gasteiger partial charge in [0.1, 0.15) is 0 Å². The van der Waals surface area contributed by atoms with Gasteiger partial charge >= 0.3 is 12.1 Å². The Morgan fingerprint density at radius 3 is 2.53 bits per heavy atom. The molecule has 1 aromatic rings. The molecule has 0 saturated heterocycles. The average molecular weight is 248 g/mol. The van der Waals surface area contributed by atoms with Gasteiger partial charge in [-0.05, 0) is 11.1 Å². The molecule has 0 aromatic heterocycles. The van der Waals surface area contributed by atoms with Gasteiger partial charge in [-0.15, -0.1) is 0 Å². The van der Waals surface area contributed by atoms with Crippen molar-refractivity contribution < 1.29 is 27.8 Å². The maximum atomic E-state index is 12.3. The molecule has 0 saturated carbocycles. The quantitative estimate of drug-likeness (QED) is 0.832. The third-order valence-electron chi connectivity index (χ3n) is 2.17. The molecule has 3 nitrogen and oxygen atoms in total. The normalized spacial score (nSPS) is 13.2. The van der Waals surface area contributed by atoms with E-state index in [0.717, 1.165) is 7.11 Å². The number of carbonyl (C=O) groups excluding carboxylic acids is 1. The molecule has 1 N–H and O–H groups in total. The third-order valence-corrected chi connectivity index (χ3v) is 2.17. The molecule has 0 aliphatic rings. The molecule has 1 rings (SSSR count). The van der Waals surface area contributed by atoms with Crippen LogP contribution in [0.4, 0.5) is 13.2 Å². The van der Waals surface area contributed by atoms with Crippen molar-refractivity contribution in [3.05, 3.63) is 35.4 Å². The summed E-state index contributed by atoms with van der Waals surface area (Å²) >= 11 is 0. The zero-order valence-corrected chi connectivity index (χ0v) is 8.99. The molecule has 0 heterocycles. The van der Waals surface area contributed by atoms with E-state index in [9.17, 15) is 23.1 Å². The van der Waals surface area contributed by atoms with Gasteiger partial charge in [0.2, 0.25) is 0 Å². The number of alkyl halides is 3. The van der Waals surface area contributed by atoms with Gasteiger partial charge < -0.3 is 9.84 Å². The molecule has 0 amide bonds. The summed E-state index contributed by atoms with van der Waals surface area (Å²) in [6, 6.07) is 5.34. The highest BCUT2D eigenvalue weighted by molar-refractivity contribution is 5.76. The minimum atomic E-state index is -4.40. The number of benzene rings is 1. The molecule has 0 bridgehead atoms. The third kappa shape index (κ3) is 3.74. The smallest absolute Gasteiger partial charge is 0.393 e. The molecule has 1 atom stereocenters. The Balaban J connectivity index is 3.03. The highest BCUT2D eigenvalue weighted by atomic mass is 19.4. The standard InChI is InChI=1S/C11H11F3O3/c1-17-10(16)9(15)8-5-3-2-4-7(8)6-11(12,13)14/h2-5,9,15H,6H2,1H3. The van der Waals surface area contributed by atoms with E-state index in [4.69, 9.17) is 0 Å². The molecule has 1 unspecified atom stereocenters. The van der Waals surface area contributed by atoms with E-state index < -0.39 is 24.7 Å². The fourth-order valence-corrected chi connectivity index (χ4v) is 1.42. The minimum absolute atomic E-state index is 0.0864. The SMILES string of the molecule is COC(=O)C(O)c1ccccc1CC(F)(F)F. The number of ether oxygens (including phenoxy) is 1. The summed E-state index contributed by atoms with van der Waals surface area (Å²) < 4.78 is 41.1. The molecule has 6 heteroatoms. The first-order chi connectivity index (χ1) is 7.85. The zero-order valence-electron chi connectivity index (χ0n) is 8.99. The van der Waals surface area contributed by atoms with Crippen molar-refractivity contribution in [3.63, 3.8) is 0 Å². The monoisotopic (exact) mass is 248 g/mol. The van der Waals surface area contributed by atoms with Crippen molar-refractivity contribution in [2.24, 2.45) is 0 Å². The second-order valence-electron chi connectivity index (χ2n) is 3.42. The van der Waals surface area contributed by atoms with Crippen LogP contribution in [-0.4, -0.2) is 24.4 Å². The van der Waals surface area contributed by atoms with Crippen molar-refractivity contribution in [2.45, 2.75) is 18.7 Å². The number of aliphatic hydroxyl groups excluding tert-OH is 1. The lowest BCUT2D eigenvalue weighted by Crippen LogP contribution is -2.18. The van der Waals surface area contributed by atoms with Gasteiger partial charge in [-0.2, -0.15) is 13.2 Å². The molecule has 1 aromatic carbocycles. The Morgan fingerprint density at radius 1 is 1.41 bits per heavy atom. The lowest BCUT2D eigenvalue weighted by molar-refractivity contribution is -0.151. The van der Waals surface area contributed by atoms with E-state index in [1.807, 2.05) is 0 Å². The molecule has 0 fully saturated rings. The highest BCUT2D eigenvalue weighted by Gasteiger charge is 2.31. The number of carbonyl (C=O) groups is 1. The summed E-state index contributed by atoms with van der Waals surface area (Å²) in [5, 5.41) is 9.52. The van der Waals surface area contributed by atoms with Crippen LogP contribution in [0, 0.1) is 0 Å². The van der Waals surface area contributed by atoms with E-state index in [1.165, 1.54) is 24.3 Å². The Labute approximate surface area is 95.8 Å². The zero-order chi connectivity index (χ0) is 13.1. The number of aliphatic hydroxyl groups is 1. The highest BCUT2D eigenvalue weighted by Crippen LogP contribution is 2.26. The topological polar surface area (TPSA) is 46.5 Å². The predicted octanol–water partition coefficient (Wildman–Crippen LogP) is 2.00. The number of rotatable bonds is 3. The number of hydrogen-bond acceptors (Lipinski definition) is 3. The number of halogens is 3. The van der Waals surface area contributed by atoms with Crippen LogP contribution in [-0.2, 0) is 16.0 Å².